The maximum absolute atomic E-state index is 13.1. The van der Waals surface area contributed by atoms with E-state index in [1.807, 2.05) is 0 Å². The van der Waals surface area contributed by atoms with E-state index >= 15 is 0 Å². The average molecular weight is 441 g/mol. The molecule has 0 radical (unpaired) electrons. The second kappa shape index (κ2) is 7.44. The molecule has 0 bridgehead atoms. The molecule has 0 unspecified atom stereocenters. The van der Waals surface area contributed by atoms with Crippen molar-refractivity contribution in [3.63, 3.8) is 0 Å². The van der Waals surface area contributed by atoms with Gasteiger partial charge in [0.25, 0.3) is 5.91 Å². The van der Waals surface area contributed by atoms with Crippen LogP contribution in [0.3, 0.4) is 0 Å². The van der Waals surface area contributed by atoms with E-state index < -0.39 is 0 Å². The van der Waals surface area contributed by atoms with E-state index in [4.69, 9.17) is 9.15 Å². The predicted octanol–water partition coefficient (Wildman–Crippen LogP) is 5.66. The number of hydrogen-bond donors (Lipinski definition) is 1. The molecule has 7 heteroatoms. The van der Waals surface area contributed by atoms with Crippen LogP contribution in [-0.4, -0.2) is 18.0 Å². The van der Waals surface area contributed by atoms with Crippen LogP contribution in [0.5, 0.6) is 5.75 Å². The molecule has 0 atom stereocenters. The van der Waals surface area contributed by atoms with Crippen LogP contribution in [0.25, 0.3) is 22.6 Å². The third-order valence-electron chi connectivity index (χ3n) is 4.15. The molecule has 1 amide bonds. The number of methoxy groups -OCH3 is 1. The van der Waals surface area contributed by atoms with Crippen LogP contribution in [0.4, 0.5) is 10.1 Å². The van der Waals surface area contributed by atoms with E-state index in [1.165, 1.54) is 12.1 Å². The minimum absolute atomic E-state index is 0.259. The maximum Gasteiger partial charge on any atom is 0.255 e. The summed E-state index contributed by atoms with van der Waals surface area (Å²) in [6.07, 6.45) is 0. The van der Waals surface area contributed by atoms with Crippen molar-refractivity contribution in [3.8, 4) is 17.2 Å². The van der Waals surface area contributed by atoms with Crippen LogP contribution in [0.2, 0.25) is 0 Å². The second-order valence-corrected chi connectivity index (χ2v) is 6.87. The van der Waals surface area contributed by atoms with Crippen molar-refractivity contribution in [2.45, 2.75) is 0 Å². The van der Waals surface area contributed by atoms with Crippen LogP contribution in [0.1, 0.15) is 10.4 Å². The van der Waals surface area contributed by atoms with Gasteiger partial charge in [-0.3, -0.25) is 4.79 Å². The highest BCUT2D eigenvalue weighted by Gasteiger charge is 2.12. The zero-order valence-corrected chi connectivity index (χ0v) is 16.3. The lowest BCUT2D eigenvalue weighted by molar-refractivity contribution is 0.102. The van der Waals surface area contributed by atoms with Gasteiger partial charge in [-0.15, -0.1) is 0 Å². The Labute approximate surface area is 168 Å². The fourth-order valence-electron chi connectivity index (χ4n) is 2.73. The number of rotatable bonds is 4. The van der Waals surface area contributed by atoms with E-state index in [-0.39, 0.29) is 11.7 Å². The number of hydrogen-bond acceptors (Lipinski definition) is 4. The summed E-state index contributed by atoms with van der Waals surface area (Å²) < 4.78 is 24.7. The summed E-state index contributed by atoms with van der Waals surface area (Å²) in [6.45, 7) is 0. The molecule has 0 aliphatic heterocycles. The summed E-state index contributed by atoms with van der Waals surface area (Å²) in [4.78, 5) is 16.9. The number of nitrogens with one attached hydrogen (secondary N) is 1. The lowest BCUT2D eigenvalue weighted by Crippen LogP contribution is -2.11. The van der Waals surface area contributed by atoms with E-state index in [1.54, 1.807) is 55.6 Å². The molecule has 4 rings (SSSR count). The number of fused-ring (bicyclic) bond motifs is 1. The first-order valence-corrected chi connectivity index (χ1v) is 9.14. The molecule has 0 aliphatic rings. The van der Waals surface area contributed by atoms with Gasteiger partial charge in [-0.05, 0) is 76.6 Å². The zero-order valence-electron chi connectivity index (χ0n) is 14.7. The van der Waals surface area contributed by atoms with Crippen LogP contribution in [0, 0.1) is 5.82 Å². The quantitative estimate of drug-likeness (QED) is 0.444. The Bertz CT molecular complexity index is 1170. The van der Waals surface area contributed by atoms with Gasteiger partial charge >= 0.3 is 0 Å². The number of carbonyl (C=O) groups excluding carboxylic acids is 1. The normalized spacial score (nSPS) is 10.8. The molecule has 1 N–H and O–H groups in total. The summed E-state index contributed by atoms with van der Waals surface area (Å²) >= 11 is 3.37. The molecular weight excluding hydrogens is 427 g/mol. The minimum Gasteiger partial charge on any atom is -0.496 e. The third-order valence-corrected chi connectivity index (χ3v) is 4.77. The fourth-order valence-corrected chi connectivity index (χ4v) is 3.27. The van der Waals surface area contributed by atoms with Crippen LogP contribution in [-0.2, 0) is 0 Å². The SMILES string of the molecule is COc1ccc(C(=O)Nc2ccc3oc(-c4ccc(F)cc4)nc3c2)cc1Br. The van der Waals surface area contributed by atoms with E-state index in [0.717, 1.165) is 0 Å². The molecule has 0 spiro atoms. The molecule has 140 valence electrons. The first kappa shape index (κ1) is 18.2. The molecule has 28 heavy (non-hydrogen) atoms. The number of ether oxygens (including phenoxy) is 1. The monoisotopic (exact) mass is 440 g/mol. The van der Waals surface area contributed by atoms with Gasteiger partial charge in [-0.1, -0.05) is 0 Å². The first-order valence-electron chi connectivity index (χ1n) is 8.35. The van der Waals surface area contributed by atoms with E-state index in [2.05, 4.69) is 26.2 Å². The molecule has 0 fully saturated rings. The summed E-state index contributed by atoms with van der Waals surface area (Å²) in [7, 11) is 1.56. The molecular formula is C21H14BrFN2O3. The number of oxazole rings is 1. The topological polar surface area (TPSA) is 64.4 Å². The van der Waals surface area contributed by atoms with Crippen LogP contribution >= 0.6 is 15.9 Å². The second-order valence-electron chi connectivity index (χ2n) is 6.01. The van der Waals surface area contributed by atoms with E-state index in [9.17, 15) is 9.18 Å². The minimum atomic E-state index is -0.324. The average Bonchev–Trinajstić information content (AvgIpc) is 3.11. The number of amides is 1. The van der Waals surface area contributed by atoms with Crippen molar-refractivity contribution in [2.24, 2.45) is 0 Å². The first-order chi connectivity index (χ1) is 13.5. The fraction of sp³-hybridized carbons (Fsp3) is 0.0476. The number of halogens is 2. The van der Waals surface area contributed by atoms with Crippen molar-refractivity contribution in [2.75, 3.05) is 12.4 Å². The summed E-state index contributed by atoms with van der Waals surface area (Å²) in [5.41, 5.74) is 2.91. The molecule has 4 aromatic rings. The molecule has 0 saturated heterocycles. The lowest BCUT2D eigenvalue weighted by Gasteiger charge is -2.07. The lowest BCUT2D eigenvalue weighted by atomic mass is 10.2. The van der Waals surface area contributed by atoms with Gasteiger partial charge in [-0.25, -0.2) is 9.37 Å². The summed E-state index contributed by atoms with van der Waals surface area (Å²) in [5, 5.41) is 2.84. The largest absolute Gasteiger partial charge is 0.496 e. The molecule has 1 aromatic heterocycles. The summed E-state index contributed by atoms with van der Waals surface area (Å²) in [6, 6.07) is 16.2. The number of aromatic nitrogens is 1. The highest BCUT2D eigenvalue weighted by Crippen LogP contribution is 2.28. The standard InChI is InChI=1S/C21H14BrFN2O3/c1-27-18-8-4-13(10-16(18)22)20(26)24-15-7-9-19-17(11-15)25-21(28-19)12-2-5-14(23)6-3-12/h2-11H,1H3,(H,24,26). The van der Waals surface area contributed by atoms with Crippen molar-refractivity contribution in [3.05, 3.63) is 76.5 Å². The highest BCUT2D eigenvalue weighted by molar-refractivity contribution is 9.10. The number of nitrogens with zero attached hydrogens (tertiary/aromatic N) is 1. The van der Waals surface area contributed by atoms with E-state index in [0.29, 0.717) is 44.0 Å². The Balaban J connectivity index is 1.58. The van der Waals surface area contributed by atoms with Crippen LogP contribution < -0.4 is 10.1 Å². The Morgan fingerprint density at radius 2 is 1.89 bits per heavy atom. The number of anilines is 1. The highest BCUT2D eigenvalue weighted by atomic mass is 79.9. The number of benzene rings is 3. The zero-order chi connectivity index (χ0) is 19.7. The van der Waals surface area contributed by atoms with Crippen LogP contribution in [0.15, 0.2) is 69.6 Å². The summed E-state index contributed by atoms with van der Waals surface area (Å²) in [5.74, 6) is 0.450. The van der Waals surface area contributed by atoms with Crippen molar-refractivity contribution < 1.29 is 18.3 Å². The smallest absolute Gasteiger partial charge is 0.255 e. The van der Waals surface area contributed by atoms with Gasteiger partial charge in [0.1, 0.15) is 17.1 Å². The van der Waals surface area contributed by atoms with Crippen molar-refractivity contribution in [1.29, 1.82) is 0 Å². The van der Waals surface area contributed by atoms with Crippen molar-refractivity contribution >= 4 is 38.6 Å². The number of carbonyl (C=O) groups is 1. The Morgan fingerprint density at radius 1 is 1.11 bits per heavy atom. The van der Waals surface area contributed by atoms with Gasteiger partial charge in [0, 0.05) is 16.8 Å². The van der Waals surface area contributed by atoms with Crippen molar-refractivity contribution in [1.82, 2.24) is 4.98 Å². The Hall–Kier alpha value is -3.19. The van der Waals surface area contributed by atoms with Gasteiger partial charge < -0.3 is 14.5 Å². The van der Waals surface area contributed by atoms with Gasteiger partial charge in [0.15, 0.2) is 5.58 Å². The molecule has 3 aromatic carbocycles. The van der Waals surface area contributed by atoms with Gasteiger partial charge in [0.2, 0.25) is 5.89 Å². The Kier molecular flexibility index (Phi) is 4.83. The van der Waals surface area contributed by atoms with Gasteiger partial charge in [-0.2, -0.15) is 0 Å². The molecule has 0 saturated carbocycles. The molecule has 0 aliphatic carbocycles. The Morgan fingerprint density at radius 3 is 2.61 bits per heavy atom. The maximum atomic E-state index is 13.1. The molecule has 1 heterocycles. The third kappa shape index (κ3) is 3.61. The predicted molar refractivity (Wildman–Crippen MR) is 108 cm³/mol. The molecule has 5 nitrogen and oxygen atoms in total. The van der Waals surface area contributed by atoms with Gasteiger partial charge in [0.05, 0.1) is 11.6 Å².